The number of rotatable bonds is 7. The Hall–Kier alpha value is -2.93. The van der Waals surface area contributed by atoms with Gasteiger partial charge in [-0.3, -0.25) is 4.57 Å². The minimum atomic E-state index is -0.0240. The second kappa shape index (κ2) is 8.39. The number of benzene rings is 2. The van der Waals surface area contributed by atoms with Gasteiger partial charge in [-0.25, -0.2) is 0 Å². The average Bonchev–Trinajstić information content (AvgIpc) is 3.37. The van der Waals surface area contributed by atoms with E-state index in [0.717, 1.165) is 28.9 Å². The summed E-state index contributed by atoms with van der Waals surface area (Å²) in [7, 11) is 0. The predicted octanol–water partition coefficient (Wildman–Crippen LogP) is 4.66. The van der Waals surface area contributed by atoms with Crippen molar-refractivity contribution in [1.82, 2.24) is 24.9 Å². The standard InChI is InChI=1S/C21H21N5OS/c1-3-18-22-20(27-25-18)15(2)28-21-24-23-19(14-16-10-6-4-7-11-16)26(21)17-12-8-5-9-13-17/h4-13,15H,3,14H2,1-2H3. The maximum Gasteiger partial charge on any atom is 0.239 e. The molecular formula is C21H21N5OS. The summed E-state index contributed by atoms with van der Waals surface area (Å²) < 4.78 is 7.50. The third kappa shape index (κ3) is 3.99. The summed E-state index contributed by atoms with van der Waals surface area (Å²) in [5.41, 5.74) is 2.23. The van der Waals surface area contributed by atoms with E-state index in [9.17, 15) is 0 Å². The molecule has 4 rings (SSSR count). The van der Waals surface area contributed by atoms with Crippen LogP contribution in [-0.4, -0.2) is 24.9 Å². The number of nitrogens with zero attached hydrogens (tertiary/aromatic N) is 5. The van der Waals surface area contributed by atoms with Crippen LogP contribution in [0.1, 0.15) is 42.2 Å². The molecule has 1 atom stereocenters. The molecule has 0 spiro atoms. The maximum absolute atomic E-state index is 5.40. The van der Waals surface area contributed by atoms with Crippen molar-refractivity contribution >= 4 is 11.8 Å². The fourth-order valence-electron chi connectivity index (χ4n) is 2.89. The number of thioether (sulfide) groups is 1. The van der Waals surface area contributed by atoms with Gasteiger partial charge in [0.1, 0.15) is 5.82 Å². The Morgan fingerprint density at radius 2 is 1.71 bits per heavy atom. The van der Waals surface area contributed by atoms with Crippen LogP contribution < -0.4 is 0 Å². The van der Waals surface area contributed by atoms with Gasteiger partial charge in [0.05, 0.1) is 5.25 Å². The summed E-state index contributed by atoms with van der Waals surface area (Å²) in [5, 5.41) is 13.7. The lowest BCUT2D eigenvalue weighted by atomic mass is 10.1. The van der Waals surface area contributed by atoms with Crippen molar-refractivity contribution in [3.05, 3.63) is 83.8 Å². The first kappa shape index (κ1) is 18.4. The van der Waals surface area contributed by atoms with Crippen molar-refractivity contribution in [3.63, 3.8) is 0 Å². The van der Waals surface area contributed by atoms with Gasteiger partial charge in [-0.05, 0) is 24.6 Å². The van der Waals surface area contributed by atoms with Gasteiger partial charge in [0.25, 0.3) is 0 Å². The molecule has 0 saturated heterocycles. The Morgan fingerprint density at radius 3 is 2.39 bits per heavy atom. The fourth-order valence-corrected chi connectivity index (χ4v) is 3.81. The number of hydrogen-bond donors (Lipinski definition) is 0. The van der Waals surface area contributed by atoms with E-state index in [0.29, 0.717) is 12.3 Å². The Kier molecular flexibility index (Phi) is 5.53. The zero-order chi connectivity index (χ0) is 19.3. The van der Waals surface area contributed by atoms with E-state index in [1.165, 1.54) is 5.56 Å². The van der Waals surface area contributed by atoms with Gasteiger partial charge in [-0.2, -0.15) is 4.98 Å². The lowest BCUT2D eigenvalue weighted by Crippen LogP contribution is -2.04. The largest absolute Gasteiger partial charge is 0.338 e. The molecule has 28 heavy (non-hydrogen) atoms. The van der Waals surface area contributed by atoms with E-state index in [1.54, 1.807) is 11.8 Å². The van der Waals surface area contributed by atoms with Crippen LogP contribution in [0.15, 0.2) is 70.3 Å². The summed E-state index contributed by atoms with van der Waals surface area (Å²) in [5.74, 6) is 2.22. The molecule has 2 aromatic carbocycles. The smallest absolute Gasteiger partial charge is 0.239 e. The average molecular weight is 392 g/mol. The zero-order valence-electron chi connectivity index (χ0n) is 15.8. The van der Waals surface area contributed by atoms with Crippen LogP contribution in [0.4, 0.5) is 0 Å². The normalized spacial score (nSPS) is 12.2. The Bertz CT molecular complexity index is 1030. The zero-order valence-corrected chi connectivity index (χ0v) is 16.6. The molecule has 0 amide bonds. The molecule has 0 radical (unpaired) electrons. The van der Waals surface area contributed by atoms with Gasteiger partial charge < -0.3 is 4.52 Å². The molecule has 0 saturated carbocycles. The topological polar surface area (TPSA) is 69.6 Å². The number of para-hydroxylation sites is 1. The minimum Gasteiger partial charge on any atom is -0.338 e. The second-order valence-electron chi connectivity index (χ2n) is 6.39. The third-order valence-corrected chi connectivity index (χ3v) is 5.38. The fraction of sp³-hybridized carbons (Fsp3) is 0.238. The maximum atomic E-state index is 5.40. The molecule has 0 bridgehead atoms. The Balaban J connectivity index is 1.66. The summed E-state index contributed by atoms with van der Waals surface area (Å²) in [4.78, 5) is 4.45. The Labute approximate surface area is 168 Å². The highest BCUT2D eigenvalue weighted by atomic mass is 32.2. The molecule has 0 aliphatic rings. The number of aromatic nitrogens is 5. The monoisotopic (exact) mass is 391 g/mol. The van der Waals surface area contributed by atoms with Gasteiger partial charge >= 0.3 is 0 Å². The van der Waals surface area contributed by atoms with Crippen molar-refractivity contribution in [3.8, 4) is 5.69 Å². The molecule has 0 fully saturated rings. The highest BCUT2D eigenvalue weighted by Gasteiger charge is 2.21. The first-order chi connectivity index (χ1) is 13.7. The molecule has 0 aliphatic carbocycles. The summed E-state index contributed by atoms with van der Waals surface area (Å²) in [6.45, 7) is 4.05. The molecule has 1 unspecified atom stereocenters. The van der Waals surface area contributed by atoms with Crippen LogP contribution in [0.5, 0.6) is 0 Å². The van der Waals surface area contributed by atoms with Crippen molar-refractivity contribution in [2.24, 2.45) is 0 Å². The van der Waals surface area contributed by atoms with Crippen molar-refractivity contribution in [1.29, 1.82) is 0 Å². The van der Waals surface area contributed by atoms with E-state index < -0.39 is 0 Å². The van der Waals surface area contributed by atoms with Crippen LogP contribution >= 0.6 is 11.8 Å². The van der Waals surface area contributed by atoms with Crippen LogP contribution in [0, 0.1) is 0 Å². The molecule has 142 valence electrons. The number of hydrogen-bond acceptors (Lipinski definition) is 6. The van der Waals surface area contributed by atoms with E-state index in [4.69, 9.17) is 4.52 Å². The minimum absolute atomic E-state index is 0.0240. The molecule has 2 heterocycles. The number of aryl methyl sites for hydroxylation is 1. The Morgan fingerprint density at radius 1 is 1.00 bits per heavy atom. The molecular weight excluding hydrogens is 370 g/mol. The molecule has 0 aliphatic heterocycles. The first-order valence-corrected chi connectivity index (χ1v) is 10.2. The molecule has 7 heteroatoms. The highest BCUT2D eigenvalue weighted by molar-refractivity contribution is 7.99. The first-order valence-electron chi connectivity index (χ1n) is 9.27. The van der Waals surface area contributed by atoms with Crippen molar-refractivity contribution < 1.29 is 4.52 Å². The lowest BCUT2D eigenvalue weighted by molar-refractivity contribution is 0.375. The molecule has 0 N–H and O–H groups in total. The van der Waals surface area contributed by atoms with Crippen LogP contribution in [0.3, 0.4) is 0 Å². The summed E-state index contributed by atoms with van der Waals surface area (Å²) in [6.07, 6.45) is 1.46. The third-order valence-electron chi connectivity index (χ3n) is 4.35. The van der Waals surface area contributed by atoms with Gasteiger partial charge in [-0.1, -0.05) is 72.4 Å². The SMILES string of the molecule is CCc1noc(C(C)Sc2nnc(Cc3ccccc3)n2-c2ccccc2)n1. The summed E-state index contributed by atoms with van der Waals surface area (Å²) in [6, 6.07) is 20.5. The van der Waals surface area contributed by atoms with Gasteiger partial charge in [-0.15, -0.1) is 10.2 Å². The van der Waals surface area contributed by atoms with E-state index >= 15 is 0 Å². The van der Waals surface area contributed by atoms with Crippen molar-refractivity contribution in [2.75, 3.05) is 0 Å². The second-order valence-corrected chi connectivity index (χ2v) is 7.70. The molecule has 4 aromatic rings. The van der Waals surface area contributed by atoms with Crippen LogP contribution in [0.2, 0.25) is 0 Å². The predicted molar refractivity (Wildman–Crippen MR) is 109 cm³/mol. The van der Waals surface area contributed by atoms with Gasteiger partial charge in [0.2, 0.25) is 5.89 Å². The van der Waals surface area contributed by atoms with Crippen LogP contribution in [-0.2, 0) is 12.8 Å². The van der Waals surface area contributed by atoms with Gasteiger partial charge in [0, 0.05) is 18.5 Å². The van der Waals surface area contributed by atoms with E-state index in [1.807, 2.05) is 50.2 Å². The van der Waals surface area contributed by atoms with Crippen molar-refractivity contribution in [2.45, 2.75) is 37.1 Å². The molecule has 2 aromatic heterocycles. The van der Waals surface area contributed by atoms with E-state index in [2.05, 4.69) is 49.2 Å². The van der Waals surface area contributed by atoms with E-state index in [-0.39, 0.29) is 5.25 Å². The quantitative estimate of drug-likeness (QED) is 0.427. The highest BCUT2D eigenvalue weighted by Crippen LogP contribution is 2.34. The van der Waals surface area contributed by atoms with Crippen LogP contribution in [0.25, 0.3) is 5.69 Å². The lowest BCUT2D eigenvalue weighted by Gasteiger charge is -2.12. The van der Waals surface area contributed by atoms with Gasteiger partial charge in [0.15, 0.2) is 11.0 Å². The molecule has 6 nitrogen and oxygen atoms in total. The summed E-state index contributed by atoms with van der Waals surface area (Å²) >= 11 is 1.57.